The summed E-state index contributed by atoms with van der Waals surface area (Å²) in [6.45, 7) is 4.93. The van der Waals surface area contributed by atoms with Crippen LogP contribution in [-0.4, -0.2) is 41.6 Å². The van der Waals surface area contributed by atoms with E-state index >= 15 is 0 Å². The Labute approximate surface area is 164 Å². The number of benzene rings is 1. The van der Waals surface area contributed by atoms with Crippen molar-refractivity contribution in [3.8, 4) is 0 Å². The van der Waals surface area contributed by atoms with Crippen LogP contribution in [-0.2, 0) is 4.79 Å². The molecule has 1 aromatic carbocycles. The number of amides is 2. The van der Waals surface area contributed by atoms with Crippen molar-refractivity contribution in [3.05, 3.63) is 59.0 Å². The molecule has 3 rings (SSSR count). The zero-order valence-corrected chi connectivity index (χ0v) is 16.4. The van der Waals surface area contributed by atoms with Crippen molar-refractivity contribution in [1.29, 1.82) is 0 Å². The Hall–Kier alpha value is -2.89. The zero-order valence-electron chi connectivity index (χ0n) is 16.4. The summed E-state index contributed by atoms with van der Waals surface area (Å²) in [4.78, 5) is 38.6. The SMILES string of the molecule is Cc1ccc(C(=O)CCC(=O)N2CCC(NC(=O)c3ccc(C)o3)CC2)cc1. The number of carbonyl (C=O) groups is 3. The second kappa shape index (κ2) is 8.87. The van der Waals surface area contributed by atoms with E-state index in [1.807, 2.05) is 19.1 Å². The first-order chi connectivity index (χ1) is 13.4. The molecule has 1 aliphatic rings. The first-order valence-electron chi connectivity index (χ1n) is 9.67. The third-order valence-electron chi connectivity index (χ3n) is 5.09. The number of likely N-dealkylation sites (tertiary alicyclic amines) is 1. The van der Waals surface area contributed by atoms with E-state index in [4.69, 9.17) is 4.42 Å². The fourth-order valence-electron chi connectivity index (χ4n) is 3.35. The van der Waals surface area contributed by atoms with Crippen molar-refractivity contribution in [1.82, 2.24) is 10.2 Å². The monoisotopic (exact) mass is 382 g/mol. The molecule has 1 N–H and O–H groups in total. The highest BCUT2D eigenvalue weighted by Gasteiger charge is 2.25. The van der Waals surface area contributed by atoms with E-state index in [1.54, 1.807) is 36.1 Å². The van der Waals surface area contributed by atoms with Gasteiger partial charge in [0.15, 0.2) is 11.5 Å². The molecule has 0 atom stereocenters. The maximum absolute atomic E-state index is 12.4. The van der Waals surface area contributed by atoms with E-state index in [0.29, 0.717) is 43.0 Å². The fraction of sp³-hybridized carbons (Fsp3) is 0.409. The number of nitrogens with one attached hydrogen (secondary N) is 1. The summed E-state index contributed by atoms with van der Waals surface area (Å²) < 4.78 is 5.33. The van der Waals surface area contributed by atoms with Crippen molar-refractivity contribution in [2.24, 2.45) is 0 Å². The number of furan rings is 1. The zero-order chi connectivity index (χ0) is 20.1. The standard InChI is InChI=1S/C22H26N2O4/c1-15-3-6-17(7-4-15)19(25)8-10-21(26)24-13-11-18(12-14-24)23-22(27)20-9-5-16(2)28-20/h3-7,9,18H,8,10-14H2,1-2H3,(H,23,27). The van der Waals surface area contributed by atoms with E-state index in [2.05, 4.69) is 5.32 Å². The van der Waals surface area contributed by atoms with Crippen LogP contribution >= 0.6 is 0 Å². The van der Waals surface area contributed by atoms with Gasteiger partial charge < -0.3 is 14.6 Å². The highest BCUT2D eigenvalue weighted by molar-refractivity contribution is 5.98. The van der Waals surface area contributed by atoms with Gasteiger partial charge in [-0.25, -0.2) is 0 Å². The molecule has 0 spiro atoms. The summed E-state index contributed by atoms with van der Waals surface area (Å²) in [5.74, 6) is 0.772. The van der Waals surface area contributed by atoms with Gasteiger partial charge in [-0.05, 0) is 38.8 Å². The number of hydrogen-bond donors (Lipinski definition) is 1. The maximum atomic E-state index is 12.4. The highest BCUT2D eigenvalue weighted by atomic mass is 16.3. The molecular weight excluding hydrogens is 356 g/mol. The largest absolute Gasteiger partial charge is 0.456 e. The van der Waals surface area contributed by atoms with Gasteiger partial charge in [-0.15, -0.1) is 0 Å². The van der Waals surface area contributed by atoms with Gasteiger partial charge in [0.25, 0.3) is 5.91 Å². The maximum Gasteiger partial charge on any atom is 0.287 e. The average Bonchev–Trinajstić information content (AvgIpc) is 3.13. The lowest BCUT2D eigenvalue weighted by atomic mass is 10.0. The number of piperidine rings is 1. The van der Waals surface area contributed by atoms with Gasteiger partial charge in [-0.1, -0.05) is 29.8 Å². The van der Waals surface area contributed by atoms with E-state index < -0.39 is 0 Å². The van der Waals surface area contributed by atoms with Crippen molar-refractivity contribution < 1.29 is 18.8 Å². The van der Waals surface area contributed by atoms with Crippen LogP contribution in [0.2, 0.25) is 0 Å². The summed E-state index contributed by atoms with van der Waals surface area (Å²) in [6, 6.07) is 10.9. The second-order valence-electron chi connectivity index (χ2n) is 7.33. The van der Waals surface area contributed by atoms with Crippen molar-refractivity contribution in [3.63, 3.8) is 0 Å². The van der Waals surface area contributed by atoms with Crippen LogP contribution < -0.4 is 5.32 Å². The lowest BCUT2D eigenvalue weighted by molar-refractivity contribution is -0.132. The molecular formula is C22H26N2O4. The lowest BCUT2D eigenvalue weighted by Crippen LogP contribution is -2.46. The van der Waals surface area contributed by atoms with Gasteiger partial charge in [-0.2, -0.15) is 0 Å². The van der Waals surface area contributed by atoms with Crippen molar-refractivity contribution >= 4 is 17.6 Å². The number of aryl methyl sites for hydroxylation is 2. The normalized spacial score (nSPS) is 14.7. The van der Waals surface area contributed by atoms with Gasteiger partial charge in [-0.3, -0.25) is 14.4 Å². The minimum Gasteiger partial charge on any atom is -0.456 e. The van der Waals surface area contributed by atoms with Gasteiger partial charge in [0.05, 0.1) is 0 Å². The quantitative estimate of drug-likeness (QED) is 0.778. The number of ketones is 1. The average molecular weight is 382 g/mol. The van der Waals surface area contributed by atoms with Crippen LogP contribution in [0.15, 0.2) is 40.8 Å². The molecule has 1 saturated heterocycles. The van der Waals surface area contributed by atoms with Gasteiger partial charge in [0, 0.05) is 37.5 Å². The number of rotatable bonds is 6. The summed E-state index contributed by atoms with van der Waals surface area (Å²) in [5, 5.41) is 2.96. The topological polar surface area (TPSA) is 79.6 Å². The van der Waals surface area contributed by atoms with Crippen LogP contribution in [0.25, 0.3) is 0 Å². The minimum absolute atomic E-state index is 0.00750. The summed E-state index contributed by atoms with van der Waals surface area (Å²) in [6.07, 6.45) is 1.83. The second-order valence-corrected chi connectivity index (χ2v) is 7.33. The van der Waals surface area contributed by atoms with Crippen LogP contribution in [0.3, 0.4) is 0 Å². The smallest absolute Gasteiger partial charge is 0.287 e. The molecule has 2 aromatic rings. The summed E-state index contributed by atoms with van der Waals surface area (Å²) in [7, 11) is 0. The van der Waals surface area contributed by atoms with Crippen molar-refractivity contribution in [2.75, 3.05) is 13.1 Å². The van der Waals surface area contributed by atoms with E-state index in [9.17, 15) is 14.4 Å². The van der Waals surface area contributed by atoms with Crippen LogP contribution in [0.1, 0.15) is 57.9 Å². The molecule has 148 valence electrons. The van der Waals surface area contributed by atoms with Gasteiger partial charge in [0.2, 0.25) is 5.91 Å². The predicted molar refractivity (Wildman–Crippen MR) is 105 cm³/mol. The molecule has 0 radical (unpaired) electrons. The highest BCUT2D eigenvalue weighted by Crippen LogP contribution is 2.15. The molecule has 0 bridgehead atoms. The summed E-state index contributed by atoms with van der Waals surface area (Å²) >= 11 is 0. The van der Waals surface area contributed by atoms with Crippen LogP contribution in [0, 0.1) is 13.8 Å². The van der Waals surface area contributed by atoms with Crippen LogP contribution in [0.5, 0.6) is 0 Å². The molecule has 1 aliphatic heterocycles. The molecule has 6 heteroatoms. The minimum atomic E-state index is -0.221. The number of carbonyl (C=O) groups excluding carboxylic acids is 3. The first kappa shape index (κ1) is 19.9. The molecule has 6 nitrogen and oxygen atoms in total. The molecule has 2 heterocycles. The number of Topliss-reactive ketones (excluding diaryl/α,β-unsaturated/α-hetero) is 1. The lowest BCUT2D eigenvalue weighted by Gasteiger charge is -2.32. The third kappa shape index (κ3) is 5.09. The Morgan fingerprint density at radius 1 is 1.00 bits per heavy atom. The van der Waals surface area contributed by atoms with E-state index in [1.165, 1.54) is 0 Å². The van der Waals surface area contributed by atoms with Crippen molar-refractivity contribution in [2.45, 2.75) is 45.6 Å². The Balaban J connectivity index is 1.41. The Kier molecular flexibility index (Phi) is 6.29. The Bertz CT molecular complexity index is 846. The van der Waals surface area contributed by atoms with Gasteiger partial charge in [0.1, 0.15) is 5.76 Å². The third-order valence-corrected chi connectivity index (χ3v) is 5.09. The predicted octanol–water partition coefficient (Wildman–Crippen LogP) is 3.28. The Morgan fingerprint density at radius 2 is 1.68 bits per heavy atom. The first-order valence-corrected chi connectivity index (χ1v) is 9.67. The van der Waals surface area contributed by atoms with Crippen LogP contribution in [0.4, 0.5) is 0 Å². The molecule has 1 aromatic heterocycles. The summed E-state index contributed by atoms with van der Waals surface area (Å²) in [5.41, 5.74) is 1.75. The van der Waals surface area contributed by atoms with E-state index in [0.717, 1.165) is 5.56 Å². The number of hydrogen-bond acceptors (Lipinski definition) is 4. The molecule has 2 amide bonds. The Morgan fingerprint density at radius 3 is 2.29 bits per heavy atom. The fourth-order valence-corrected chi connectivity index (χ4v) is 3.35. The molecule has 28 heavy (non-hydrogen) atoms. The molecule has 0 aliphatic carbocycles. The van der Waals surface area contributed by atoms with E-state index in [-0.39, 0.29) is 36.5 Å². The molecule has 1 fully saturated rings. The molecule has 0 unspecified atom stereocenters. The van der Waals surface area contributed by atoms with Gasteiger partial charge >= 0.3 is 0 Å². The number of nitrogens with zero attached hydrogens (tertiary/aromatic N) is 1. The molecule has 0 saturated carbocycles.